The Labute approximate surface area is 149 Å². The molecule has 4 heteroatoms. The number of nitrogens with one attached hydrogen (secondary N) is 1. The minimum absolute atomic E-state index is 0.0735. The van der Waals surface area contributed by atoms with Gasteiger partial charge in [0.2, 0.25) is 5.91 Å². The molecule has 4 rings (SSSR count). The van der Waals surface area contributed by atoms with Crippen LogP contribution in [0.3, 0.4) is 0 Å². The minimum Gasteiger partial charge on any atom is -0.339 e. The molecule has 0 spiro atoms. The molecule has 1 N–H and O–H groups in total. The zero-order chi connectivity index (χ0) is 17.1. The van der Waals surface area contributed by atoms with E-state index in [9.17, 15) is 4.79 Å². The van der Waals surface area contributed by atoms with Crippen LogP contribution < -0.4 is 5.32 Å². The fourth-order valence-electron chi connectivity index (χ4n) is 3.82. The van der Waals surface area contributed by atoms with Gasteiger partial charge in [-0.25, -0.2) is 0 Å². The van der Waals surface area contributed by atoms with Gasteiger partial charge < -0.3 is 10.2 Å². The molecule has 0 aromatic heterocycles. The highest BCUT2D eigenvalue weighted by Gasteiger charge is 2.29. The average Bonchev–Trinajstić information content (AvgIpc) is 2.68. The van der Waals surface area contributed by atoms with E-state index in [0.717, 1.165) is 45.7 Å². The monoisotopic (exact) mass is 335 g/mol. The minimum atomic E-state index is -0.0735. The molecule has 25 heavy (non-hydrogen) atoms. The molecular weight excluding hydrogens is 310 g/mol. The molecular formula is C21H25N3O. The predicted molar refractivity (Wildman–Crippen MR) is 99.1 cm³/mol. The number of amides is 1. The summed E-state index contributed by atoms with van der Waals surface area (Å²) < 4.78 is 0. The quantitative estimate of drug-likeness (QED) is 0.932. The molecule has 1 amide bonds. The van der Waals surface area contributed by atoms with Crippen LogP contribution in [0.2, 0.25) is 0 Å². The fraction of sp³-hybridized carbons (Fsp3) is 0.381. The number of rotatable bonds is 3. The number of hydrogen-bond acceptors (Lipinski definition) is 3. The van der Waals surface area contributed by atoms with E-state index in [4.69, 9.17) is 0 Å². The molecule has 4 nitrogen and oxygen atoms in total. The summed E-state index contributed by atoms with van der Waals surface area (Å²) in [5.74, 6) is 0.258. The Morgan fingerprint density at radius 3 is 2.36 bits per heavy atom. The molecule has 0 bridgehead atoms. The van der Waals surface area contributed by atoms with Crippen molar-refractivity contribution in [2.24, 2.45) is 0 Å². The second-order valence-electron chi connectivity index (χ2n) is 6.99. The summed E-state index contributed by atoms with van der Waals surface area (Å²) in [5, 5.41) is 3.42. The van der Waals surface area contributed by atoms with Crippen molar-refractivity contribution in [1.82, 2.24) is 15.1 Å². The fourth-order valence-corrected chi connectivity index (χ4v) is 3.82. The van der Waals surface area contributed by atoms with E-state index in [0.29, 0.717) is 0 Å². The molecule has 0 aliphatic carbocycles. The Bertz CT molecular complexity index is 723. The number of carbonyl (C=O) groups excluding carboxylic acids is 1. The maximum Gasteiger partial charge on any atom is 0.240 e. The largest absolute Gasteiger partial charge is 0.339 e. The number of carbonyl (C=O) groups is 1. The van der Waals surface area contributed by atoms with Gasteiger partial charge in [-0.1, -0.05) is 54.6 Å². The molecule has 0 unspecified atom stereocenters. The third kappa shape index (κ3) is 3.75. The number of nitrogens with zero attached hydrogens (tertiary/aromatic N) is 2. The third-order valence-electron chi connectivity index (χ3n) is 5.31. The number of piperazine rings is 1. The highest BCUT2D eigenvalue weighted by Crippen LogP contribution is 2.18. The summed E-state index contributed by atoms with van der Waals surface area (Å²) in [7, 11) is 0. The van der Waals surface area contributed by atoms with Crippen LogP contribution in [0, 0.1) is 0 Å². The van der Waals surface area contributed by atoms with Crippen molar-refractivity contribution in [3.63, 3.8) is 0 Å². The molecule has 1 saturated heterocycles. The van der Waals surface area contributed by atoms with E-state index >= 15 is 0 Å². The highest BCUT2D eigenvalue weighted by atomic mass is 16.2. The molecule has 0 saturated carbocycles. The lowest BCUT2D eigenvalue weighted by atomic mass is 9.95. The van der Waals surface area contributed by atoms with Gasteiger partial charge in [0, 0.05) is 39.3 Å². The van der Waals surface area contributed by atoms with Gasteiger partial charge in [-0.05, 0) is 23.1 Å². The van der Waals surface area contributed by atoms with Crippen molar-refractivity contribution >= 4 is 5.91 Å². The van der Waals surface area contributed by atoms with Crippen LogP contribution in [0.25, 0.3) is 0 Å². The normalized spacial score (nSPS) is 21.0. The van der Waals surface area contributed by atoms with Crippen molar-refractivity contribution in [2.75, 3.05) is 26.2 Å². The van der Waals surface area contributed by atoms with Crippen LogP contribution in [0.15, 0.2) is 54.6 Å². The Morgan fingerprint density at radius 2 is 1.60 bits per heavy atom. The lowest BCUT2D eigenvalue weighted by molar-refractivity contribution is -0.135. The number of hydrogen-bond donors (Lipinski definition) is 1. The van der Waals surface area contributed by atoms with Crippen LogP contribution >= 0.6 is 0 Å². The van der Waals surface area contributed by atoms with Crippen molar-refractivity contribution in [2.45, 2.75) is 25.6 Å². The van der Waals surface area contributed by atoms with E-state index in [1.54, 1.807) is 0 Å². The van der Waals surface area contributed by atoms with Gasteiger partial charge in [0.15, 0.2) is 0 Å². The molecule has 2 aromatic rings. The summed E-state index contributed by atoms with van der Waals surface area (Å²) in [6.07, 6.45) is 0.805. The lowest BCUT2D eigenvalue weighted by Gasteiger charge is -2.37. The van der Waals surface area contributed by atoms with Gasteiger partial charge >= 0.3 is 0 Å². The molecule has 2 heterocycles. The second kappa shape index (κ2) is 7.38. The van der Waals surface area contributed by atoms with E-state index in [1.165, 1.54) is 16.7 Å². The lowest BCUT2D eigenvalue weighted by Crippen LogP contribution is -2.55. The zero-order valence-corrected chi connectivity index (χ0v) is 14.5. The number of fused-ring (bicyclic) bond motifs is 1. The van der Waals surface area contributed by atoms with Gasteiger partial charge in [-0.3, -0.25) is 9.69 Å². The SMILES string of the molecule is O=C([C@H]1Cc2ccccc2CN1)N1CCN(Cc2ccccc2)CC1. The summed E-state index contributed by atoms with van der Waals surface area (Å²) in [6, 6.07) is 18.9. The van der Waals surface area contributed by atoms with Crippen LogP contribution in [0.1, 0.15) is 16.7 Å². The van der Waals surface area contributed by atoms with Crippen LogP contribution in [0.4, 0.5) is 0 Å². The smallest absolute Gasteiger partial charge is 0.240 e. The van der Waals surface area contributed by atoms with Gasteiger partial charge in [0.05, 0.1) is 6.04 Å². The van der Waals surface area contributed by atoms with Crippen molar-refractivity contribution < 1.29 is 4.79 Å². The van der Waals surface area contributed by atoms with Crippen LogP contribution in [0.5, 0.6) is 0 Å². The van der Waals surface area contributed by atoms with Gasteiger partial charge in [0.25, 0.3) is 0 Å². The molecule has 1 fully saturated rings. The van der Waals surface area contributed by atoms with E-state index in [1.807, 2.05) is 4.90 Å². The zero-order valence-electron chi connectivity index (χ0n) is 14.5. The van der Waals surface area contributed by atoms with Crippen molar-refractivity contribution in [3.8, 4) is 0 Å². The molecule has 130 valence electrons. The first-order valence-electron chi connectivity index (χ1n) is 9.15. The van der Waals surface area contributed by atoms with E-state index in [2.05, 4.69) is 64.8 Å². The number of benzene rings is 2. The van der Waals surface area contributed by atoms with Gasteiger partial charge in [-0.2, -0.15) is 0 Å². The maximum atomic E-state index is 12.9. The first-order chi connectivity index (χ1) is 12.3. The molecule has 2 aliphatic rings. The van der Waals surface area contributed by atoms with Crippen LogP contribution in [-0.4, -0.2) is 47.9 Å². The first-order valence-corrected chi connectivity index (χ1v) is 9.15. The topological polar surface area (TPSA) is 35.6 Å². The Morgan fingerprint density at radius 1 is 0.920 bits per heavy atom. The van der Waals surface area contributed by atoms with Gasteiger partial charge in [-0.15, -0.1) is 0 Å². The average molecular weight is 335 g/mol. The van der Waals surface area contributed by atoms with E-state index in [-0.39, 0.29) is 11.9 Å². The Balaban J connectivity index is 1.31. The predicted octanol–water partition coefficient (Wildman–Crippen LogP) is 2.05. The summed E-state index contributed by atoms with van der Waals surface area (Å²) in [4.78, 5) is 17.3. The second-order valence-corrected chi connectivity index (χ2v) is 6.99. The summed E-state index contributed by atoms with van der Waals surface area (Å²) in [6.45, 7) is 5.31. The van der Waals surface area contributed by atoms with Crippen molar-refractivity contribution in [1.29, 1.82) is 0 Å². The van der Waals surface area contributed by atoms with Crippen LogP contribution in [-0.2, 0) is 24.3 Å². The van der Waals surface area contributed by atoms with Crippen molar-refractivity contribution in [3.05, 3.63) is 71.3 Å². The summed E-state index contributed by atoms with van der Waals surface area (Å²) >= 11 is 0. The maximum absolute atomic E-state index is 12.9. The molecule has 1 atom stereocenters. The first kappa shape index (κ1) is 16.3. The standard InChI is InChI=1S/C21H25N3O/c25-21(20-14-18-8-4-5-9-19(18)15-22-20)24-12-10-23(11-13-24)16-17-6-2-1-3-7-17/h1-9,20,22H,10-16H2/t20-/m1/s1. The molecule has 2 aromatic carbocycles. The summed E-state index contributed by atoms with van der Waals surface area (Å²) in [5.41, 5.74) is 3.97. The van der Waals surface area contributed by atoms with E-state index < -0.39 is 0 Å². The highest BCUT2D eigenvalue weighted by molar-refractivity contribution is 5.82. The van der Waals surface area contributed by atoms with Gasteiger partial charge in [0.1, 0.15) is 0 Å². The Kier molecular flexibility index (Phi) is 4.81. The molecule has 2 aliphatic heterocycles. The molecule has 0 radical (unpaired) electrons. The Hall–Kier alpha value is -2.17. The third-order valence-corrected chi connectivity index (χ3v) is 5.31.